The molecular weight excluding hydrogens is 184 g/mol. The third-order valence-electron chi connectivity index (χ3n) is 3.55. The van der Waals surface area contributed by atoms with Gasteiger partial charge < -0.3 is 10.6 Å². The van der Waals surface area contributed by atoms with E-state index >= 15 is 0 Å². The number of hydrogen-bond acceptors (Lipinski definition) is 2. The Balaban J connectivity index is 3.46. The van der Waals surface area contributed by atoms with Gasteiger partial charge >= 0.3 is 0 Å². The summed E-state index contributed by atoms with van der Waals surface area (Å²) in [6.07, 6.45) is 1.21. The fraction of sp³-hybridized carbons (Fsp3) is 1.00. The van der Waals surface area contributed by atoms with Gasteiger partial charge in [-0.25, -0.2) is 0 Å². The lowest BCUT2D eigenvalue weighted by Crippen LogP contribution is -2.38. The van der Waals surface area contributed by atoms with Crippen LogP contribution in [0.15, 0.2) is 0 Å². The molecule has 0 aromatic rings. The molecule has 0 aromatic carbocycles. The summed E-state index contributed by atoms with van der Waals surface area (Å²) in [6, 6.07) is 0.643. The molecule has 1 atom stereocenters. The SMILES string of the molecule is CCC(C)NCCNCC(C)(C)C(C)C. The lowest BCUT2D eigenvalue weighted by Gasteiger charge is -2.29. The second-order valence-electron chi connectivity index (χ2n) is 5.58. The molecule has 0 bridgehead atoms. The molecule has 15 heavy (non-hydrogen) atoms. The van der Waals surface area contributed by atoms with E-state index in [1.165, 1.54) is 6.42 Å². The molecule has 0 saturated heterocycles. The van der Waals surface area contributed by atoms with E-state index in [9.17, 15) is 0 Å². The molecular formula is C13H30N2. The maximum atomic E-state index is 3.52. The van der Waals surface area contributed by atoms with Gasteiger partial charge in [0.2, 0.25) is 0 Å². The quantitative estimate of drug-likeness (QED) is 0.607. The summed E-state index contributed by atoms with van der Waals surface area (Å²) in [5, 5.41) is 7.01. The van der Waals surface area contributed by atoms with Crippen molar-refractivity contribution in [3.63, 3.8) is 0 Å². The summed E-state index contributed by atoms with van der Waals surface area (Å²) in [6.45, 7) is 16.9. The van der Waals surface area contributed by atoms with Crippen molar-refractivity contribution < 1.29 is 0 Å². The number of nitrogens with one attached hydrogen (secondary N) is 2. The van der Waals surface area contributed by atoms with E-state index in [2.05, 4.69) is 52.2 Å². The van der Waals surface area contributed by atoms with E-state index in [0.29, 0.717) is 11.5 Å². The molecule has 0 aliphatic carbocycles. The number of rotatable bonds is 8. The van der Waals surface area contributed by atoms with Crippen LogP contribution in [-0.2, 0) is 0 Å². The Morgan fingerprint density at radius 3 is 2.13 bits per heavy atom. The van der Waals surface area contributed by atoms with Crippen molar-refractivity contribution in [3.8, 4) is 0 Å². The van der Waals surface area contributed by atoms with E-state index in [1.54, 1.807) is 0 Å². The van der Waals surface area contributed by atoms with Gasteiger partial charge in [0.25, 0.3) is 0 Å². The van der Waals surface area contributed by atoms with Gasteiger partial charge in [-0.2, -0.15) is 0 Å². The van der Waals surface area contributed by atoms with Gasteiger partial charge in [0.05, 0.1) is 0 Å². The third kappa shape index (κ3) is 6.91. The fourth-order valence-electron chi connectivity index (χ4n) is 1.17. The van der Waals surface area contributed by atoms with Crippen molar-refractivity contribution in [2.24, 2.45) is 11.3 Å². The van der Waals surface area contributed by atoms with Crippen LogP contribution in [0.1, 0.15) is 48.0 Å². The average Bonchev–Trinajstić information content (AvgIpc) is 2.16. The lowest BCUT2D eigenvalue weighted by atomic mass is 9.81. The van der Waals surface area contributed by atoms with Crippen LogP contribution in [0.25, 0.3) is 0 Å². The predicted molar refractivity (Wildman–Crippen MR) is 69.2 cm³/mol. The highest BCUT2D eigenvalue weighted by Crippen LogP contribution is 2.24. The van der Waals surface area contributed by atoms with Crippen LogP contribution >= 0.6 is 0 Å². The highest BCUT2D eigenvalue weighted by atomic mass is 15.0. The predicted octanol–water partition coefficient (Wildman–Crippen LogP) is 2.65. The van der Waals surface area contributed by atoms with Crippen LogP contribution in [-0.4, -0.2) is 25.7 Å². The standard InChI is InChI=1S/C13H30N2/c1-7-12(4)15-9-8-14-10-13(5,6)11(2)3/h11-12,14-15H,7-10H2,1-6H3. The van der Waals surface area contributed by atoms with Gasteiger partial charge in [-0.15, -0.1) is 0 Å². The van der Waals surface area contributed by atoms with E-state index in [1.807, 2.05) is 0 Å². The zero-order valence-corrected chi connectivity index (χ0v) is 11.5. The van der Waals surface area contributed by atoms with E-state index in [0.717, 1.165) is 25.6 Å². The monoisotopic (exact) mass is 214 g/mol. The molecule has 2 N–H and O–H groups in total. The molecule has 0 aliphatic heterocycles. The Kier molecular flexibility index (Phi) is 7.20. The van der Waals surface area contributed by atoms with Gasteiger partial charge in [-0.3, -0.25) is 0 Å². The summed E-state index contributed by atoms with van der Waals surface area (Å²) in [5.74, 6) is 0.729. The van der Waals surface area contributed by atoms with Crippen molar-refractivity contribution in [3.05, 3.63) is 0 Å². The van der Waals surface area contributed by atoms with Crippen molar-refractivity contribution in [1.82, 2.24) is 10.6 Å². The first-order valence-corrected chi connectivity index (χ1v) is 6.34. The van der Waals surface area contributed by atoms with Gasteiger partial charge in [0.1, 0.15) is 0 Å². The van der Waals surface area contributed by atoms with Crippen molar-refractivity contribution >= 4 is 0 Å². The smallest absolute Gasteiger partial charge is 0.00792 e. The Morgan fingerprint density at radius 1 is 1.07 bits per heavy atom. The molecule has 0 amide bonds. The average molecular weight is 214 g/mol. The van der Waals surface area contributed by atoms with Crippen LogP contribution in [0, 0.1) is 11.3 Å². The molecule has 2 heteroatoms. The van der Waals surface area contributed by atoms with Crippen molar-refractivity contribution in [2.45, 2.75) is 54.0 Å². The summed E-state index contributed by atoms with van der Waals surface area (Å²) in [5.41, 5.74) is 0.399. The van der Waals surface area contributed by atoms with Crippen molar-refractivity contribution in [1.29, 1.82) is 0 Å². The highest BCUT2D eigenvalue weighted by molar-refractivity contribution is 4.75. The van der Waals surface area contributed by atoms with Crippen LogP contribution in [0.3, 0.4) is 0 Å². The lowest BCUT2D eigenvalue weighted by molar-refractivity contribution is 0.238. The fourth-order valence-corrected chi connectivity index (χ4v) is 1.17. The Morgan fingerprint density at radius 2 is 1.67 bits per heavy atom. The van der Waals surface area contributed by atoms with Gasteiger partial charge in [0, 0.05) is 25.7 Å². The number of hydrogen-bond donors (Lipinski definition) is 2. The zero-order valence-electron chi connectivity index (χ0n) is 11.5. The maximum Gasteiger partial charge on any atom is 0.00792 e. The van der Waals surface area contributed by atoms with E-state index in [4.69, 9.17) is 0 Å². The van der Waals surface area contributed by atoms with Crippen LogP contribution < -0.4 is 10.6 Å². The Labute approximate surface area is 96.2 Å². The largest absolute Gasteiger partial charge is 0.315 e. The van der Waals surface area contributed by atoms with Crippen LogP contribution in [0.4, 0.5) is 0 Å². The van der Waals surface area contributed by atoms with Crippen LogP contribution in [0.5, 0.6) is 0 Å². The van der Waals surface area contributed by atoms with Gasteiger partial charge in [-0.1, -0.05) is 34.6 Å². The molecule has 0 aliphatic rings. The molecule has 0 radical (unpaired) electrons. The first kappa shape index (κ1) is 14.9. The van der Waals surface area contributed by atoms with Crippen LogP contribution in [0.2, 0.25) is 0 Å². The maximum absolute atomic E-state index is 3.52. The molecule has 92 valence electrons. The zero-order chi connectivity index (χ0) is 11.9. The molecule has 1 unspecified atom stereocenters. The molecule has 0 saturated carbocycles. The van der Waals surface area contributed by atoms with Gasteiger partial charge in [0.15, 0.2) is 0 Å². The van der Waals surface area contributed by atoms with Gasteiger partial charge in [-0.05, 0) is 24.7 Å². The normalized spacial score (nSPS) is 14.6. The Bertz CT molecular complexity index is 153. The summed E-state index contributed by atoms with van der Waals surface area (Å²) < 4.78 is 0. The molecule has 0 heterocycles. The minimum atomic E-state index is 0.399. The summed E-state index contributed by atoms with van der Waals surface area (Å²) >= 11 is 0. The molecule has 0 aromatic heterocycles. The second kappa shape index (κ2) is 7.24. The first-order valence-electron chi connectivity index (χ1n) is 6.34. The van der Waals surface area contributed by atoms with E-state index in [-0.39, 0.29) is 0 Å². The highest BCUT2D eigenvalue weighted by Gasteiger charge is 2.21. The second-order valence-corrected chi connectivity index (χ2v) is 5.58. The molecule has 0 fully saturated rings. The summed E-state index contributed by atoms with van der Waals surface area (Å²) in [7, 11) is 0. The Hall–Kier alpha value is -0.0800. The van der Waals surface area contributed by atoms with E-state index < -0.39 is 0 Å². The third-order valence-corrected chi connectivity index (χ3v) is 3.55. The molecule has 0 rings (SSSR count). The summed E-state index contributed by atoms with van der Waals surface area (Å²) in [4.78, 5) is 0. The molecule has 2 nitrogen and oxygen atoms in total. The topological polar surface area (TPSA) is 24.1 Å². The van der Waals surface area contributed by atoms with Crippen molar-refractivity contribution in [2.75, 3.05) is 19.6 Å². The first-order chi connectivity index (χ1) is 6.90. The molecule has 0 spiro atoms. The minimum Gasteiger partial charge on any atom is -0.315 e. The minimum absolute atomic E-state index is 0.399.